The predicted molar refractivity (Wildman–Crippen MR) is 75.8 cm³/mol. The van der Waals surface area contributed by atoms with Gasteiger partial charge in [0.25, 0.3) is 0 Å². The van der Waals surface area contributed by atoms with Crippen molar-refractivity contribution in [3.05, 3.63) is 56.5 Å². The number of nitrogens with one attached hydrogen (secondary N) is 1. The van der Waals surface area contributed by atoms with Crippen LogP contribution in [0.3, 0.4) is 0 Å². The van der Waals surface area contributed by atoms with Gasteiger partial charge in [0.2, 0.25) is 0 Å². The molecule has 1 atom stereocenters. The first-order chi connectivity index (χ1) is 9.54. The monoisotopic (exact) mass is 319 g/mol. The summed E-state index contributed by atoms with van der Waals surface area (Å²) >= 11 is 7.35. The summed E-state index contributed by atoms with van der Waals surface area (Å²) in [5.74, 6) is -2.77. The molecular weight excluding hydrogens is 307 g/mol. The Bertz CT molecular complexity index is 577. The van der Waals surface area contributed by atoms with Crippen molar-refractivity contribution >= 4 is 22.9 Å². The maximum Gasteiger partial charge on any atom is 0.134 e. The Morgan fingerprint density at radius 1 is 1.25 bits per heavy atom. The quantitative estimate of drug-likeness (QED) is 0.826. The summed E-state index contributed by atoms with van der Waals surface area (Å²) in [5, 5.41) is 5.24. The highest BCUT2D eigenvalue weighted by Crippen LogP contribution is 2.35. The van der Waals surface area contributed by atoms with Gasteiger partial charge in [-0.15, -0.1) is 11.3 Å². The van der Waals surface area contributed by atoms with E-state index in [2.05, 4.69) is 5.32 Å². The maximum atomic E-state index is 14.0. The summed E-state index contributed by atoms with van der Waals surface area (Å²) < 4.78 is 40.9. The number of rotatable bonds is 5. The van der Waals surface area contributed by atoms with Crippen molar-refractivity contribution in [1.29, 1.82) is 0 Å². The Morgan fingerprint density at radius 2 is 1.90 bits per heavy atom. The van der Waals surface area contributed by atoms with Crippen LogP contribution in [0.1, 0.15) is 29.8 Å². The fraction of sp³-hybridized carbons (Fsp3) is 0.286. The average molecular weight is 320 g/mol. The number of hydrogen-bond acceptors (Lipinski definition) is 2. The van der Waals surface area contributed by atoms with E-state index in [4.69, 9.17) is 11.6 Å². The van der Waals surface area contributed by atoms with Crippen molar-refractivity contribution in [1.82, 2.24) is 5.32 Å². The molecule has 2 rings (SSSR count). The van der Waals surface area contributed by atoms with Gasteiger partial charge in [0.15, 0.2) is 0 Å². The molecule has 6 heteroatoms. The SMILES string of the molecule is CCCNC(c1sccc1Cl)c1c(F)cc(F)cc1F. The van der Waals surface area contributed by atoms with E-state index in [1.807, 2.05) is 6.92 Å². The van der Waals surface area contributed by atoms with Crippen molar-refractivity contribution in [2.45, 2.75) is 19.4 Å². The van der Waals surface area contributed by atoms with Gasteiger partial charge in [0.1, 0.15) is 17.5 Å². The summed E-state index contributed by atoms with van der Waals surface area (Å²) in [6, 6.07) is 2.31. The second kappa shape index (κ2) is 6.61. The molecule has 1 N–H and O–H groups in total. The van der Waals surface area contributed by atoms with Gasteiger partial charge in [-0.25, -0.2) is 13.2 Å². The normalized spacial score (nSPS) is 12.7. The second-order valence-corrected chi connectivity index (χ2v) is 5.66. The predicted octanol–water partition coefficient (Wildman–Crippen LogP) is 4.91. The molecule has 1 unspecified atom stereocenters. The third-order valence-corrected chi connectivity index (χ3v) is 4.26. The van der Waals surface area contributed by atoms with Crippen molar-refractivity contribution in [2.75, 3.05) is 6.54 Å². The molecule has 108 valence electrons. The van der Waals surface area contributed by atoms with Crippen LogP contribution in [0, 0.1) is 17.5 Å². The molecule has 2 aromatic rings. The Balaban J connectivity index is 2.50. The second-order valence-electron chi connectivity index (χ2n) is 4.30. The first-order valence-corrected chi connectivity index (χ1v) is 7.41. The average Bonchev–Trinajstić information content (AvgIpc) is 2.78. The van der Waals surface area contributed by atoms with E-state index in [-0.39, 0.29) is 5.56 Å². The van der Waals surface area contributed by atoms with Crippen LogP contribution in [-0.4, -0.2) is 6.54 Å². The van der Waals surface area contributed by atoms with Gasteiger partial charge in [-0.2, -0.15) is 0 Å². The van der Waals surface area contributed by atoms with E-state index in [0.717, 1.165) is 6.42 Å². The van der Waals surface area contributed by atoms with Gasteiger partial charge in [0.05, 0.1) is 11.1 Å². The minimum atomic E-state index is -0.935. The number of halogens is 4. The maximum absolute atomic E-state index is 14.0. The Labute approximate surface area is 124 Å². The molecule has 0 amide bonds. The molecule has 20 heavy (non-hydrogen) atoms. The van der Waals surface area contributed by atoms with Crippen LogP contribution in [0.5, 0.6) is 0 Å². The van der Waals surface area contributed by atoms with E-state index < -0.39 is 23.5 Å². The molecule has 0 saturated carbocycles. The van der Waals surface area contributed by atoms with Gasteiger partial charge in [-0.3, -0.25) is 0 Å². The van der Waals surface area contributed by atoms with Crippen LogP contribution < -0.4 is 5.32 Å². The van der Waals surface area contributed by atoms with Crippen molar-refractivity contribution < 1.29 is 13.2 Å². The molecule has 0 aliphatic heterocycles. The lowest BCUT2D eigenvalue weighted by atomic mass is 10.0. The molecule has 0 saturated heterocycles. The van der Waals surface area contributed by atoms with Crippen molar-refractivity contribution in [3.8, 4) is 0 Å². The first-order valence-electron chi connectivity index (χ1n) is 6.15. The van der Waals surface area contributed by atoms with E-state index >= 15 is 0 Å². The lowest BCUT2D eigenvalue weighted by molar-refractivity contribution is 0.489. The standard InChI is InChI=1S/C14H13ClF3NS/c1-2-4-19-13(14-9(15)3-5-20-14)12-10(17)6-8(16)7-11(12)18/h3,5-7,13,19H,2,4H2,1H3. The first kappa shape index (κ1) is 15.4. The number of benzene rings is 1. The minimum absolute atomic E-state index is 0.204. The number of thiophene rings is 1. The van der Waals surface area contributed by atoms with Gasteiger partial charge >= 0.3 is 0 Å². The molecular formula is C14H13ClF3NS. The third-order valence-electron chi connectivity index (χ3n) is 2.84. The molecule has 1 heterocycles. The fourth-order valence-electron chi connectivity index (χ4n) is 1.96. The summed E-state index contributed by atoms with van der Waals surface area (Å²) in [7, 11) is 0. The highest BCUT2D eigenvalue weighted by molar-refractivity contribution is 7.10. The zero-order valence-electron chi connectivity index (χ0n) is 10.7. The van der Waals surface area contributed by atoms with E-state index in [1.54, 1.807) is 11.4 Å². The van der Waals surface area contributed by atoms with Gasteiger partial charge < -0.3 is 5.32 Å². The molecule has 0 bridgehead atoms. The van der Waals surface area contributed by atoms with Crippen LogP contribution in [0.4, 0.5) is 13.2 Å². The minimum Gasteiger partial charge on any atom is -0.305 e. The molecule has 1 aromatic heterocycles. The highest BCUT2D eigenvalue weighted by atomic mass is 35.5. The summed E-state index contributed by atoms with van der Waals surface area (Å²) in [6.07, 6.45) is 0.796. The van der Waals surface area contributed by atoms with Crippen LogP contribution >= 0.6 is 22.9 Å². The zero-order chi connectivity index (χ0) is 14.7. The lowest BCUT2D eigenvalue weighted by Crippen LogP contribution is -2.24. The lowest BCUT2D eigenvalue weighted by Gasteiger charge is -2.19. The van der Waals surface area contributed by atoms with Gasteiger partial charge in [0, 0.05) is 22.6 Å². The third kappa shape index (κ3) is 3.16. The molecule has 0 aliphatic rings. The van der Waals surface area contributed by atoms with E-state index in [9.17, 15) is 13.2 Å². The fourth-order valence-corrected chi connectivity index (χ4v) is 3.20. The van der Waals surface area contributed by atoms with Gasteiger partial charge in [-0.1, -0.05) is 18.5 Å². The van der Waals surface area contributed by atoms with Crippen LogP contribution in [0.2, 0.25) is 5.02 Å². The Morgan fingerprint density at radius 3 is 2.40 bits per heavy atom. The van der Waals surface area contributed by atoms with E-state index in [1.165, 1.54) is 11.3 Å². The zero-order valence-corrected chi connectivity index (χ0v) is 12.3. The molecule has 0 spiro atoms. The molecule has 0 radical (unpaired) electrons. The van der Waals surface area contributed by atoms with Crippen molar-refractivity contribution in [2.24, 2.45) is 0 Å². The van der Waals surface area contributed by atoms with Crippen LogP contribution in [-0.2, 0) is 0 Å². The Kier molecular flexibility index (Phi) is 5.07. The molecule has 1 nitrogen and oxygen atoms in total. The van der Waals surface area contributed by atoms with E-state index in [0.29, 0.717) is 28.6 Å². The molecule has 0 aliphatic carbocycles. The van der Waals surface area contributed by atoms with Crippen LogP contribution in [0.25, 0.3) is 0 Å². The number of hydrogen-bond donors (Lipinski definition) is 1. The summed E-state index contributed by atoms with van der Waals surface area (Å²) in [4.78, 5) is 0.615. The molecule has 1 aromatic carbocycles. The topological polar surface area (TPSA) is 12.0 Å². The highest BCUT2D eigenvalue weighted by Gasteiger charge is 2.25. The largest absolute Gasteiger partial charge is 0.305 e. The van der Waals surface area contributed by atoms with Crippen LogP contribution in [0.15, 0.2) is 23.6 Å². The summed E-state index contributed by atoms with van der Waals surface area (Å²) in [6.45, 7) is 2.51. The van der Waals surface area contributed by atoms with Crippen molar-refractivity contribution in [3.63, 3.8) is 0 Å². The summed E-state index contributed by atoms with van der Waals surface area (Å²) in [5.41, 5.74) is -0.204. The van der Waals surface area contributed by atoms with Gasteiger partial charge in [-0.05, 0) is 24.4 Å². The smallest absolute Gasteiger partial charge is 0.134 e. The Hall–Kier alpha value is -1.04. The molecule has 0 fully saturated rings.